The highest BCUT2D eigenvalue weighted by Gasteiger charge is 2.30. The maximum Gasteiger partial charge on any atom is 0.164 e. The molecule has 1 saturated carbocycles. The van der Waals surface area contributed by atoms with Crippen molar-refractivity contribution in [1.29, 1.82) is 0 Å². The number of hydrogen-bond acceptors (Lipinski definition) is 2. The maximum absolute atomic E-state index is 12.4. The number of benzene rings is 1. The molecule has 0 saturated heterocycles. The van der Waals surface area contributed by atoms with Crippen LogP contribution in [0.25, 0.3) is 0 Å². The standard InChI is InChI=1S/C16H23NO/c1-12-7-6-8-14(13(12)2)15(18)11-16(17)9-4-3-5-10-16/h6-8H,3-5,9-11,17H2,1-2H3. The fourth-order valence-electron chi connectivity index (χ4n) is 2.90. The minimum atomic E-state index is -0.258. The van der Waals surface area contributed by atoms with Crippen LogP contribution in [0.1, 0.15) is 60.0 Å². The van der Waals surface area contributed by atoms with Crippen molar-refractivity contribution in [3.05, 3.63) is 34.9 Å². The summed E-state index contributed by atoms with van der Waals surface area (Å²) in [7, 11) is 0. The number of ketones is 1. The van der Waals surface area contributed by atoms with Crippen LogP contribution in [0.2, 0.25) is 0 Å². The van der Waals surface area contributed by atoms with Crippen molar-refractivity contribution in [1.82, 2.24) is 0 Å². The molecule has 1 aromatic carbocycles. The molecule has 2 heteroatoms. The van der Waals surface area contributed by atoms with Gasteiger partial charge < -0.3 is 5.73 Å². The zero-order valence-corrected chi connectivity index (χ0v) is 11.5. The highest BCUT2D eigenvalue weighted by atomic mass is 16.1. The molecule has 18 heavy (non-hydrogen) atoms. The van der Waals surface area contributed by atoms with E-state index < -0.39 is 0 Å². The van der Waals surface area contributed by atoms with Gasteiger partial charge in [-0.05, 0) is 37.8 Å². The van der Waals surface area contributed by atoms with Crippen LogP contribution >= 0.6 is 0 Å². The summed E-state index contributed by atoms with van der Waals surface area (Å²) in [5.74, 6) is 0.209. The first-order valence-electron chi connectivity index (χ1n) is 6.90. The quantitative estimate of drug-likeness (QED) is 0.828. The molecular formula is C16H23NO. The van der Waals surface area contributed by atoms with Gasteiger partial charge in [-0.1, -0.05) is 37.5 Å². The van der Waals surface area contributed by atoms with Gasteiger partial charge in [-0.25, -0.2) is 0 Å². The summed E-state index contributed by atoms with van der Waals surface area (Å²) < 4.78 is 0. The SMILES string of the molecule is Cc1cccc(C(=O)CC2(N)CCCCC2)c1C. The van der Waals surface area contributed by atoms with Crippen LogP contribution in [-0.4, -0.2) is 11.3 Å². The Balaban J connectivity index is 2.14. The molecule has 0 radical (unpaired) electrons. The van der Waals surface area contributed by atoms with E-state index in [0.717, 1.165) is 36.8 Å². The first kappa shape index (κ1) is 13.3. The van der Waals surface area contributed by atoms with Crippen LogP contribution in [0.5, 0.6) is 0 Å². The molecule has 0 bridgehead atoms. The second-order valence-electron chi connectivity index (χ2n) is 5.77. The van der Waals surface area contributed by atoms with Crippen molar-refractivity contribution >= 4 is 5.78 Å². The maximum atomic E-state index is 12.4. The van der Waals surface area contributed by atoms with Gasteiger partial charge in [-0.3, -0.25) is 4.79 Å². The summed E-state index contributed by atoms with van der Waals surface area (Å²) in [6, 6.07) is 5.93. The molecule has 1 fully saturated rings. The molecule has 1 aliphatic rings. The van der Waals surface area contributed by atoms with Gasteiger partial charge in [-0.2, -0.15) is 0 Å². The molecular weight excluding hydrogens is 222 g/mol. The van der Waals surface area contributed by atoms with Gasteiger partial charge in [0.05, 0.1) is 0 Å². The van der Waals surface area contributed by atoms with Crippen LogP contribution in [-0.2, 0) is 0 Å². The molecule has 0 unspecified atom stereocenters. The predicted molar refractivity (Wildman–Crippen MR) is 74.9 cm³/mol. The van der Waals surface area contributed by atoms with Gasteiger partial charge in [0.2, 0.25) is 0 Å². The molecule has 2 nitrogen and oxygen atoms in total. The zero-order valence-electron chi connectivity index (χ0n) is 11.5. The Morgan fingerprint density at radius 3 is 2.56 bits per heavy atom. The van der Waals surface area contributed by atoms with Crippen LogP contribution in [0.15, 0.2) is 18.2 Å². The molecule has 0 aliphatic heterocycles. The monoisotopic (exact) mass is 245 g/mol. The molecule has 1 aromatic rings. The highest BCUT2D eigenvalue weighted by Crippen LogP contribution is 2.30. The molecule has 0 amide bonds. The van der Waals surface area contributed by atoms with Gasteiger partial charge in [0.15, 0.2) is 5.78 Å². The van der Waals surface area contributed by atoms with Crippen molar-refractivity contribution in [3.63, 3.8) is 0 Å². The fourth-order valence-corrected chi connectivity index (χ4v) is 2.90. The molecule has 98 valence electrons. The van der Waals surface area contributed by atoms with Crippen molar-refractivity contribution < 1.29 is 4.79 Å². The lowest BCUT2D eigenvalue weighted by Gasteiger charge is -2.33. The van der Waals surface area contributed by atoms with E-state index >= 15 is 0 Å². The average Bonchev–Trinajstić information content (AvgIpc) is 2.33. The second-order valence-corrected chi connectivity index (χ2v) is 5.77. The Hall–Kier alpha value is -1.15. The van der Waals surface area contributed by atoms with E-state index in [9.17, 15) is 4.79 Å². The third kappa shape index (κ3) is 2.81. The summed E-state index contributed by atoms with van der Waals surface area (Å²) in [5, 5.41) is 0. The summed E-state index contributed by atoms with van der Waals surface area (Å²) >= 11 is 0. The number of rotatable bonds is 3. The smallest absolute Gasteiger partial charge is 0.164 e. The molecule has 2 N–H and O–H groups in total. The number of Topliss-reactive ketones (excluding diaryl/α,β-unsaturated/α-hetero) is 1. The zero-order chi connectivity index (χ0) is 13.2. The van der Waals surface area contributed by atoms with Crippen LogP contribution in [0.3, 0.4) is 0 Å². The van der Waals surface area contributed by atoms with E-state index in [0.29, 0.717) is 6.42 Å². The van der Waals surface area contributed by atoms with Crippen molar-refractivity contribution in [2.75, 3.05) is 0 Å². The number of aryl methyl sites for hydroxylation is 1. The summed E-state index contributed by atoms with van der Waals surface area (Å²) in [4.78, 5) is 12.4. The van der Waals surface area contributed by atoms with Gasteiger partial charge in [0, 0.05) is 17.5 Å². The first-order valence-corrected chi connectivity index (χ1v) is 6.90. The Morgan fingerprint density at radius 1 is 1.22 bits per heavy atom. The van der Waals surface area contributed by atoms with Crippen molar-refractivity contribution in [2.24, 2.45) is 5.73 Å². The van der Waals surface area contributed by atoms with E-state index in [4.69, 9.17) is 5.73 Å². The number of nitrogens with two attached hydrogens (primary N) is 1. The Bertz CT molecular complexity index is 444. The van der Waals surface area contributed by atoms with Gasteiger partial charge >= 0.3 is 0 Å². The highest BCUT2D eigenvalue weighted by molar-refractivity contribution is 5.98. The number of carbonyl (C=O) groups excluding carboxylic acids is 1. The first-order chi connectivity index (χ1) is 8.52. The minimum Gasteiger partial charge on any atom is -0.325 e. The van der Waals surface area contributed by atoms with E-state index in [-0.39, 0.29) is 11.3 Å². The second kappa shape index (κ2) is 5.23. The summed E-state index contributed by atoms with van der Waals surface area (Å²) in [5.41, 5.74) is 9.23. The lowest BCUT2D eigenvalue weighted by Crippen LogP contribution is -2.43. The Kier molecular flexibility index (Phi) is 3.86. The summed E-state index contributed by atoms with van der Waals surface area (Å²) in [6.07, 6.45) is 6.06. The third-order valence-electron chi connectivity index (χ3n) is 4.27. The van der Waals surface area contributed by atoms with E-state index in [1.807, 2.05) is 32.0 Å². The topological polar surface area (TPSA) is 43.1 Å². The number of carbonyl (C=O) groups is 1. The van der Waals surface area contributed by atoms with Crippen LogP contribution < -0.4 is 5.73 Å². The molecule has 0 heterocycles. The largest absolute Gasteiger partial charge is 0.325 e. The molecule has 2 rings (SSSR count). The average molecular weight is 245 g/mol. The lowest BCUT2D eigenvalue weighted by molar-refractivity contribution is 0.0934. The van der Waals surface area contributed by atoms with Gasteiger partial charge in [0.1, 0.15) is 0 Å². The third-order valence-corrected chi connectivity index (χ3v) is 4.27. The predicted octanol–water partition coefficient (Wildman–Crippen LogP) is 3.54. The van der Waals surface area contributed by atoms with Crippen LogP contribution in [0.4, 0.5) is 0 Å². The van der Waals surface area contributed by atoms with Gasteiger partial charge in [0.25, 0.3) is 0 Å². The Labute approximate surface area is 110 Å². The molecule has 0 atom stereocenters. The van der Waals surface area contributed by atoms with Gasteiger partial charge in [-0.15, -0.1) is 0 Å². The normalized spacial score (nSPS) is 18.6. The summed E-state index contributed by atoms with van der Waals surface area (Å²) in [6.45, 7) is 4.07. The number of hydrogen-bond donors (Lipinski definition) is 1. The molecule has 1 aliphatic carbocycles. The Morgan fingerprint density at radius 2 is 1.89 bits per heavy atom. The molecule has 0 spiro atoms. The lowest BCUT2D eigenvalue weighted by atomic mass is 9.78. The molecule has 0 aromatic heterocycles. The minimum absolute atomic E-state index is 0.209. The van der Waals surface area contributed by atoms with Crippen LogP contribution in [0, 0.1) is 13.8 Å². The van der Waals surface area contributed by atoms with Crippen molar-refractivity contribution in [2.45, 2.75) is 57.9 Å². The fraction of sp³-hybridized carbons (Fsp3) is 0.562. The van der Waals surface area contributed by atoms with E-state index in [2.05, 4.69) is 0 Å². The van der Waals surface area contributed by atoms with E-state index in [1.54, 1.807) is 0 Å². The van der Waals surface area contributed by atoms with E-state index in [1.165, 1.54) is 12.0 Å². The van der Waals surface area contributed by atoms with Crippen molar-refractivity contribution in [3.8, 4) is 0 Å².